The van der Waals surface area contributed by atoms with E-state index in [1.54, 1.807) is 18.2 Å². The molecule has 0 radical (unpaired) electrons. The third kappa shape index (κ3) is 4.96. The number of hydrogen-bond acceptors (Lipinski definition) is 6. The minimum Gasteiger partial charge on any atom is -0.489 e. The summed E-state index contributed by atoms with van der Waals surface area (Å²) in [6.07, 6.45) is -4.65. The number of anilines is 1. The van der Waals surface area contributed by atoms with Gasteiger partial charge in [-0.3, -0.25) is 14.4 Å². The molecule has 0 bridgehead atoms. The molecule has 1 N–H and O–H groups in total. The van der Waals surface area contributed by atoms with Crippen LogP contribution < -0.4 is 14.5 Å². The highest BCUT2D eigenvalue weighted by molar-refractivity contribution is 8.00. The van der Waals surface area contributed by atoms with Crippen LogP contribution in [0, 0.1) is 12.8 Å². The van der Waals surface area contributed by atoms with E-state index >= 15 is 0 Å². The average molecular weight is 617 g/mol. The van der Waals surface area contributed by atoms with Crippen molar-refractivity contribution in [2.24, 2.45) is 5.92 Å². The van der Waals surface area contributed by atoms with Crippen LogP contribution in [0.15, 0.2) is 76.6 Å². The number of carbonyl (C=O) groups is 2. The van der Waals surface area contributed by atoms with Crippen LogP contribution in [-0.2, 0) is 22.4 Å². The summed E-state index contributed by atoms with van der Waals surface area (Å²) < 4.78 is 46.6. The Morgan fingerprint density at radius 2 is 1.78 bits per heavy atom. The summed E-state index contributed by atoms with van der Waals surface area (Å²) >= 11 is 8.36. The number of aromatic amines is 1. The van der Waals surface area contributed by atoms with Crippen molar-refractivity contribution in [2.45, 2.75) is 35.9 Å². The minimum atomic E-state index is -4.65. The predicted octanol–water partition coefficient (Wildman–Crippen LogP) is 6.79. The van der Waals surface area contributed by atoms with Gasteiger partial charge in [-0.1, -0.05) is 65.0 Å². The normalized spacial score (nSPS) is 20.2. The van der Waals surface area contributed by atoms with Crippen LogP contribution in [0.3, 0.4) is 0 Å². The number of amides is 2. The maximum atomic E-state index is 14.0. The molecule has 12 heteroatoms. The van der Waals surface area contributed by atoms with Crippen molar-refractivity contribution in [3.05, 3.63) is 109 Å². The number of nitrogens with one attached hydrogen (secondary N) is 1. The zero-order chi connectivity index (χ0) is 29.1. The van der Waals surface area contributed by atoms with Gasteiger partial charge in [0, 0.05) is 21.4 Å². The minimum absolute atomic E-state index is 0.164. The molecule has 1 saturated heterocycles. The molecule has 0 aliphatic carbocycles. The van der Waals surface area contributed by atoms with Gasteiger partial charge < -0.3 is 9.72 Å². The highest BCUT2D eigenvalue weighted by Crippen LogP contribution is 2.55. The van der Waals surface area contributed by atoms with E-state index in [0.717, 1.165) is 57.3 Å². The molecule has 0 spiro atoms. The molecule has 4 aromatic rings. The topological polar surface area (TPSA) is 79.5 Å². The second kappa shape index (κ2) is 10.4. The number of ether oxygens (including phenoxy) is 1. The lowest BCUT2D eigenvalue weighted by Crippen LogP contribution is -2.32. The van der Waals surface area contributed by atoms with E-state index < -0.39 is 40.6 Å². The lowest BCUT2D eigenvalue weighted by molar-refractivity contribution is -0.137. The van der Waals surface area contributed by atoms with Crippen LogP contribution in [-0.4, -0.2) is 22.0 Å². The van der Waals surface area contributed by atoms with Crippen molar-refractivity contribution in [1.29, 1.82) is 0 Å². The fourth-order valence-corrected chi connectivity index (χ4v) is 7.94. The lowest BCUT2D eigenvalue weighted by Gasteiger charge is -2.31. The van der Waals surface area contributed by atoms with Gasteiger partial charge in [-0.05, 0) is 54.4 Å². The van der Waals surface area contributed by atoms with Crippen molar-refractivity contribution in [1.82, 2.24) is 4.98 Å². The Morgan fingerprint density at radius 1 is 1.00 bits per heavy atom. The van der Waals surface area contributed by atoms with Gasteiger partial charge >= 0.3 is 11.0 Å². The quantitative estimate of drug-likeness (QED) is 0.250. The zero-order valence-corrected chi connectivity index (χ0v) is 23.6. The molecule has 1 fully saturated rings. The summed E-state index contributed by atoms with van der Waals surface area (Å²) in [4.78, 5) is 43.8. The molecule has 3 heterocycles. The summed E-state index contributed by atoms with van der Waals surface area (Å²) in [7, 11) is 0. The van der Waals surface area contributed by atoms with Gasteiger partial charge in [0.25, 0.3) is 0 Å². The zero-order valence-electron chi connectivity index (χ0n) is 21.2. The van der Waals surface area contributed by atoms with E-state index in [2.05, 4.69) is 4.98 Å². The standard InChI is InChI=1S/C29H20ClF3N2O4S2/c1-14-5-2-3-6-15(14)13-39-20-10-9-17(30)12-19(20)21-22-24(40-25-23(21)41-28(38)34-25)27(37)35(26(22)36)18-8-4-7-16(11-18)29(31,32)33/h2-12,21-22,24H,13H2,1H3,(H,34,38)/t21-,22?,24?/m1/s1. The van der Waals surface area contributed by atoms with Crippen molar-refractivity contribution >= 4 is 52.2 Å². The van der Waals surface area contributed by atoms with E-state index in [0.29, 0.717) is 26.2 Å². The monoisotopic (exact) mass is 616 g/mol. The predicted molar refractivity (Wildman–Crippen MR) is 151 cm³/mol. The number of nitrogens with zero attached hydrogens (tertiary/aromatic N) is 1. The highest BCUT2D eigenvalue weighted by atomic mass is 35.5. The molecule has 0 saturated carbocycles. The SMILES string of the molecule is Cc1ccccc1COc1ccc(Cl)cc1[C@H]1c2sc(=O)[nH]c2SC2C(=O)N(c3cccc(C(F)(F)F)c3)C(=O)C21. The molecule has 1 aromatic heterocycles. The molecule has 3 aromatic carbocycles. The van der Waals surface area contributed by atoms with Gasteiger partial charge in [-0.15, -0.1) is 0 Å². The molecule has 210 valence electrons. The first-order valence-electron chi connectivity index (χ1n) is 12.4. The number of alkyl halides is 3. The van der Waals surface area contributed by atoms with Gasteiger partial charge in [0.1, 0.15) is 17.6 Å². The second-order valence-electron chi connectivity index (χ2n) is 9.71. The van der Waals surface area contributed by atoms with E-state index in [9.17, 15) is 27.6 Å². The molecule has 41 heavy (non-hydrogen) atoms. The van der Waals surface area contributed by atoms with Gasteiger partial charge in [0.05, 0.1) is 22.2 Å². The van der Waals surface area contributed by atoms with E-state index in [-0.39, 0.29) is 17.2 Å². The summed E-state index contributed by atoms with van der Waals surface area (Å²) in [5.41, 5.74) is 1.34. The number of thiazole rings is 1. The van der Waals surface area contributed by atoms with Crippen LogP contribution in [0.4, 0.5) is 18.9 Å². The van der Waals surface area contributed by atoms with E-state index in [1.165, 1.54) is 6.07 Å². The number of aromatic nitrogens is 1. The number of fused-ring (bicyclic) bond motifs is 2. The maximum Gasteiger partial charge on any atom is 0.416 e. The Labute approximate surface area is 245 Å². The summed E-state index contributed by atoms with van der Waals surface area (Å²) in [5.74, 6) is -2.72. The Balaban J connectivity index is 1.45. The molecule has 2 amide bonds. The summed E-state index contributed by atoms with van der Waals surface area (Å²) in [6, 6.07) is 16.8. The molecule has 2 aliphatic heterocycles. The molecule has 6 nitrogen and oxygen atoms in total. The summed E-state index contributed by atoms with van der Waals surface area (Å²) in [6.45, 7) is 2.18. The Morgan fingerprint density at radius 3 is 2.54 bits per heavy atom. The van der Waals surface area contributed by atoms with Crippen molar-refractivity contribution < 1.29 is 27.5 Å². The number of H-pyrrole nitrogens is 1. The smallest absolute Gasteiger partial charge is 0.416 e. The largest absolute Gasteiger partial charge is 0.489 e. The number of halogens is 4. The Kier molecular flexibility index (Phi) is 6.99. The van der Waals surface area contributed by atoms with Crippen molar-refractivity contribution in [2.75, 3.05) is 4.90 Å². The van der Waals surface area contributed by atoms with Crippen molar-refractivity contribution in [3.8, 4) is 5.75 Å². The van der Waals surface area contributed by atoms with Crippen LogP contribution in [0.5, 0.6) is 5.75 Å². The van der Waals surface area contributed by atoms with Gasteiger partial charge in [0.2, 0.25) is 11.8 Å². The number of aryl methyl sites for hydroxylation is 1. The van der Waals surface area contributed by atoms with Crippen LogP contribution in [0.1, 0.15) is 33.0 Å². The third-order valence-electron chi connectivity index (χ3n) is 7.21. The average Bonchev–Trinajstić information content (AvgIpc) is 3.42. The number of hydrogen-bond donors (Lipinski definition) is 1. The fraction of sp³-hybridized carbons (Fsp3) is 0.207. The summed E-state index contributed by atoms with van der Waals surface area (Å²) in [5, 5.41) is -0.194. The first-order chi connectivity index (χ1) is 19.5. The molecular weight excluding hydrogens is 597 g/mol. The number of rotatable bonds is 5. The second-order valence-corrected chi connectivity index (χ2v) is 12.3. The number of imide groups is 1. The Hall–Kier alpha value is -3.54. The van der Waals surface area contributed by atoms with Gasteiger partial charge in [-0.2, -0.15) is 13.2 Å². The Bertz CT molecular complexity index is 1750. The van der Waals surface area contributed by atoms with Crippen LogP contribution in [0.25, 0.3) is 0 Å². The van der Waals surface area contributed by atoms with Crippen LogP contribution >= 0.6 is 34.7 Å². The first-order valence-corrected chi connectivity index (χ1v) is 14.5. The van der Waals surface area contributed by atoms with Gasteiger partial charge in [-0.25, -0.2) is 4.90 Å². The molecule has 2 unspecified atom stereocenters. The number of thioether (sulfide) groups is 1. The van der Waals surface area contributed by atoms with Crippen molar-refractivity contribution in [3.63, 3.8) is 0 Å². The first kappa shape index (κ1) is 27.6. The highest BCUT2D eigenvalue weighted by Gasteiger charge is 2.57. The molecular formula is C29H20ClF3N2O4S2. The van der Waals surface area contributed by atoms with E-state index in [4.69, 9.17) is 16.3 Å². The number of benzene rings is 3. The van der Waals surface area contributed by atoms with Crippen LogP contribution in [0.2, 0.25) is 5.02 Å². The lowest BCUT2D eigenvalue weighted by atomic mass is 9.82. The molecule has 3 atom stereocenters. The van der Waals surface area contributed by atoms with Gasteiger partial charge in [0.15, 0.2) is 0 Å². The third-order valence-corrected chi connectivity index (χ3v) is 9.84. The van der Waals surface area contributed by atoms with E-state index in [1.807, 2.05) is 31.2 Å². The fourth-order valence-electron chi connectivity index (χ4n) is 5.25. The maximum absolute atomic E-state index is 14.0. The number of carbonyl (C=O) groups excluding carboxylic acids is 2. The molecule has 6 rings (SSSR count). The molecule has 2 aliphatic rings.